The van der Waals surface area contributed by atoms with Gasteiger partial charge in [-0.15, -0.1) is 0 Å². The molecule has 8 heteroatoms. The molecule has 1 atom stereocenters. The Morgan fingerprint density at radius 2 is 1.32 bits per heavy atom. The van der Waals surface area contributed by atoms with Crippen LogP contribution in [0.25, 0.3) is 0 Å². The molecule has 2 aliphatic heterocycles. The van der Waals surface area contributed by atoms with E-state index in [9.17, 15) is 14.4 Å². The minimum absolute atomic E-state index is 0.166. The molecule has 6 rings (SSSR count). The molecule has 0 bridgehead atoms. The number of carbonyl (C=O) groups excluding carboxylic acids is 3. The highest BCUT2D eigenvalue weighted by Gasteiger charge is 2.53. The van der Waals surface area contributed by atoms with Crippen molar-refractivity contribution < 1.29 is 38.4 Å². The summed E-state index contributed by atoms with van der Waals surface area (Å²) in [7, 11) is 0. The largest absolute Gasteiger partial charge is 0.456 e. The van der Waals surface area contributed by atoms with E-state index in [0.29, 0.717) is 28.0 Å². The maximum atomic E-state index is 13.1. The Kier molecular flexibility index (Phi) is 5.93. The van der Waals surface area contributed by atoms with Gasteiger partial charge in [0.1, 0.15) is 22.8 Å². The molecule has 0 saturated carbocycles. The van der Waals surface area contributed by atoms with Crippen molar-refractivity contribution >= 4 is 17.9 Å². The van der Waals surface area contributed by atoms with Gasteiger partial charge in [0, 0.05) is 16.7 Å². The van der Waals surface area contributed by atoms with Crippen molar-refractivity contribution in [1.82, 2.24) is 0 Å². The minimum atomic E-state index is -1.36. The van der Waals surface area contributed by atoms with E-state index in [1.54, 1.807) is 81.4 Å². The van der Waals surface area contributed by atoms with Crippen LogP contribution >= 0.6 is 0 Å². The smallest absolute Gasteiger partial charge is 0.373 e. The Morgan fingerprint density at radius 1 is 0.725 bits per heavy atom. The van der Waals surface area contributed by atoms with Gasteiger partial charge < -0.3 is 14.2 Å². The highest BCUT2D eigenvalue weighted by Crippen LogP contribution is 2.56. The molecular weight excluding hydrogens is 512 g/mol. The van der Waals surface area contributed by atoms with Crippen molar-refractivity contribution in [1.29, 1.82) is 0 Å². The van der Waals surface area contributed by atoms with Crippen LogP contribution in [0.5, 0.6) is 17.2 Å². The summed E-state index contributed by atoms with van der Waals surface area (Å²) >= 11 is 0. The van der Waals surface area contributed by atoms with Crippen LogP contribution in [0.3, 0.4) is 0 Å². The third-order valence-corrected chi connectivity index (χ3v) is 6.51. The zero-order chi connectivity index (χ0) is 28.1. The zero-order valence-corrected chi connectivity index (χ0v) is 21.9. The summed E-state index contributed by atoms with van der Waals surface area (Å²) in [6.45, 7) is 5.26. The molecule has 4 aromatic rings. The van der Waals surface area contributed by atoms with E-state index in [1.807, 2.05) is 18.2 Å². The fraction of sp³-hybridized carbons (Fsp3) is 0.156. The summed E-state index contributed by atoms with van der Waals surface area (Å²) in [6.07, 6.45) is 0. The van der Waals surface area contributed by atoms with Crippen LogP contribution in [0.4, 0.5) is 0 Å². The lowest BCUT2D eigenvalue weighted by Crippen LogP contribution is -2.33. The van der Waals surface area contributed by atoms with Gasteiger partial charge in [-0.25, -0.2) is 14.4 Å². The van der Waals surface area contributed by atoms with Gasteiger partial charge in [-0.3, -0.25) is 4.89 Å². The third-order valence-electron chi connectivity index (χ3n) is 6.51. The van der Waals surface area contributed by atoms with Gasteiger partial charge in [0.25, 0.3) is 0 Å². The first-order chi connectivity index (χ1) is 19.2. The number of esters is 2. The van der Waals surface area contributed by atoms with Crippen LogP contribution in [0.15, 0.2) is 91.0 Å². The molecule has 0 aliphatic carbocycles. The SMILES string of the molecule is CC(C)(C)OOC(=O)c1ccc2c(c1)Oc1cc(C(=O)Oc3ccccc3)ccc1C21OC(=O)c2ccccc21. The van der Waals surface area contributed by atoms with Crippen LogP contribution in [0.1, 0.15) is 68.5 Å². The Labute approximate surface area is 229 Å². The number of rotatable bonds is 4. The highest BCUT2D eigenvalue weighted by atomic mass is 17.2. The number of fused-ring (bicyclic) bond motifs is 6. The van der Waals surface area contributed by atoms with Crippen molar-refractivity contribution in [3.63, 3.8) is 0 Å². The Balaban J connectivity index is 1.45. The van der Waals surface area contributed by atoms with Crippen LogP contribution in [0.2, 0.25) is 0 Å². The molecule has 0 radical (unpaired) electrons. The predicted octanol–water partition coefficient (Wildman–Crippen LogP) is 6.36. The third kappa shape index (κ3) is 4.28. The predicted molar refractivity (Wildman–Crippen MR) is 142 cm³/mol. The first-order valence-corrected chi connectivity index (χ1v) is 12.6. The fourth-order valence-corrected chi connectivity index (χ4v) is 4.80. The molecule has 40 heavy (non-hydrogen) atoms. The number of ether oxygens (including phenoxy) is 3. The molecule has 1 spiro atoms. The molecule has 1 unspecified atom stereocenters. The lowest BCUT2D eigenvalue weighted by atomic mass is 9.77. The molecule has 200 valence electrons. The monoisotopic (exact) mass is 536 g/mol. The fourth-order valence-electron chi connectivity index (χ4n) is 4.80. The van der Waals surface area contributed by atoms with Gasteiger partial charge in [0.2, 0.25) is 0 Å². The minimum Gasteiger partial charge on any atom is -0.456 e. The van der Waals surface area contributed by atoms with Crippen LogP contribution in [0, 0.1) is 0 Å². The Bertz CT molecular complexity index is 1670. The quantitative estimate of drug-likeness (QED) is 0.129. The average molecular weight is 537 g/mol. The first kappa shape index (κ1) is 25.3. The van der Waals surface area contributed by atoms with Gasteiger partial charge in [0.15, 0.2) is 5.60 Å². The molecule has 0 saturated heterocycles. The second-order valence-corrected chi connectivity index (χ2v) is 10.4. The van der Waals surface area contributed by atoms with Crippen molar-refractivity contribution in [2.24, 2.45) is 0 Å². The summed E-state index contributed by atoms with van der Waals surface area (Å²) in [4.78, 5) is 49.0. The molecule has 0 fully saturated rings. The van der Waals surface area contributed by atoms with Crippen molar-refractivity contribution in [3.05, 3.63) is 124 Å². The van der Waals surface area contributed by atoms with Gasteiger partial charge >= 0.3 is 17.9 Å². The summed E-state index contributed by atoms with van der Waals surface area (Å²) in [5, 5.41) is 0. The Hall–Kier alpha value is -4.95. The van der Waals surface area contributed by atoms with E-state index in [0.717, 1.165) is 0 Å². The van der Waals surface area contributed by atoms with Gasteiger partial charge in [-0.2, -0.15) is 4.89 Å². The summed E-state index contributed by atoms with van der Waals surface area (Å²) in [5.41, 5.74) is 0.422. The molecule has 8 nitrogen and oxygen atoms in total. The number of hydrogen-bond acceptors (Lipinski definition) is 8. The van der Waals surface area contributed by atoms with Gasteiger partial charge in [0.05, 0.1) is 16.7 Å². The van der Waals surface area contributed by atoms with E-state index in [4.69, 9.17) is 24.0 Å². The molecule has 0 N–H and O–H groups in total. The normalized spacial score (nSPS) is 16.7. The van der Waals surface area contributed by atoms with Crippen LogP contribution in [-0.4, -0.2) is 23.5 Å². The summed E-state index contributed by atoms with van der Waals surface area (Å²) in [5.74, 6) is -0.869. The van der Waals surface area contributed by atoms with Crippen molar-refractivity contribution in [3.8, 4) is 17.2 Å². The number of para-hydroxylation sites is 1. The van der Waals surface area contributed by atoms with Gasteiger partial charge in [-0.1, -0.05) is 36.4 Å². The molecular formula is C32H24O8. The number of benzene rings is 4. The highest BCUT2D eigenvalue weighted by molar-refractivity contribution is 5.98. The average Bonchev–Trinajstić information content (AvgIpc) is 3.24. The standard InChI is InChI=1S/C32H24O8/c1-31(2,3)40-39-29(34)20-14-16-25-27(18-20)37-26-17-19(28(33)36-21-9-5-4-6-10-21)13-15-24(26)32(25)23-12-8-7-11-22(23)30(35)38-32/h4-18H,1-3H3. The maximum absolute atomic E-state index is 13.1. The molecule has 0 aromatic heterocycles. The first-order valence-electron chi connectivity index (χ1n) is 12.6. The summed E-state index contributed by atoms with van der Waals surface area (Å²) in [6, 6.07) is 25.3. The lowest BCUT2D eigenvalue weighted by molar-refractivity contribution is -0.301. The molecule has 0 amide bonds. The van der Waals surface area contributed by atoms with E-state index < -0.39 is 29.1 Å². The van der Waals surface area contributed by atoms with Crippen LogP contribution < -0.4 is 9.47 Å². The summed E-state index contributed by atoms with van der Waals surface area (Å²) < 4.78 is 17.9. The van der Waals surface area contributed by atoms with Crippen molar-refractivity contribution in [2.45, 2.75) is 32.0 Å². The lowest BCUT2D eigenvalue weighted by Gasteiger charge is -2.36. The van der Waals surface area contributed by atoms with Gasteiger partial charge in [-0.05, 0) is 75.4 Å². The zero-order valence-electron chi connectivity index (χ0n) is 21.9. The van der Waals surface area contributed by atoms with E-state index in [-0.39, 0.29) is 22.6 Å². The van der Waals surface area contributed by atoms with E-state index in [2.05, 4.69) is 0 Å². The second kappa shape index (κ2) is 9.36. The maximum Gasteiger partial charge on any atom is 0.373 e. The number of hydrogen-bond donors (Lipinski definition) is 0. The van der Waals surface area contributed by atoms with Crippen molar-refractivity contribution in [2.75, 3.05) is 0 Å². The molecule has 2 aliphatic rings. The number of carbonyl (C=O) groups is 3. The Morgan fingerprint density at radius 3 is 1.98 bits per heavy atom. The second-order valence-electron chi connectivity index (χ2n) is 10.4. The van der Waals surface area contributed by atoms with E-state index in [1.165, 1.54) is 12.1 Å². The molecule has 4 aromatic carbocycles. The van der Waals surface area contributed by atoms with E-state index >= 15 is 0 Å². The van der Waals surface area contributed by atoms with Crippen LogP contribution in [-0.2, 0) is 20.1 Å². The molecule has 2 heterocycles. The topological polar surface area (TPSA) is 97.4 Å².